The van der Waals surface area contributed by atoms with E-state index in [-0.39, 0.29) is 5.41 Å². The highest BCUT2D eigenvalue weighted by molar-refractivity contribution is 5.74. The first-order valence-corrected chi connectivity index (χ1v) is 7.60. The summed E-state index contributed by atoms with van der Waals surface area (Å²) in [6.45, 7) is 10.7. The van der Waals surface area contributed by atoms with Crippen molar-refractivity contribution in [2.24, 2.45) is 12.5 Å². The van der Waals surface area contributed by atoms with E-state index in [1.165, 1.54) is 5.56 Å². The molecule has 1 aliphatic heterocycles. The maximum Gasteiger partial charge on any atom is 0.310 e. The third-order valence-corrected chi connectivity index (χ3v) is 4.30. The summed E-state index contributed by atoms with van der Waals surface area (Å²) in [6, 6.07) is 0. The van der Waals surface area contributed by atoms with E-state index in [0.29, 0.717) is 6.54 Å². The topological polar surface area (TPSA) is 58.4 Å². The third-order valence-electron chi connectivity index (χ3n) is 4.30. The molecule has 5 heteroatoms. The van der Waals surface area contributed by atoms with Crippen molar-refractivity contribution in [3.8, 4) is 0 Å². The zero-order valence-corrected chi connectivity index (χ0v) is 13.8. The van der Waals surface area contributed by atoms with Crippen LogP contribution in [-0.4, -0.2) is 38.8 Å². The molecule has 0 bridgehead atoms. The van der Waals surface area contributed by atoms with Gasteiger partial charge in [0, 0.05) is 37.3 Å². The van der Waals surface area contributed by atoms with Crippen LogP contribution in [0.2, 0.25) is 0 Å². The summed E-state index contributed by atoms with van der Waals surface area (Å²) >= 11 is 0. The number of aryl methyl sites for hydroxylation is 1. The highest BCUT2D eigenvalue weighted by atomic mass is 16.4. The molecular weight excluding hydrogens is 266 g/mol. The van der Waals surface area contributed by atoms with Gasteiger partial charge in [0.2, 0.25) is 0 Å². The number of likely N-dealkylation sites (tertiary alicyclic amines) is 1. The average molecular weight is 293 g/mol. The van der Waals surface area contributed by atoms with Gasteiger partial charge in [-0.2, -0.15) is 5.10 Å². The van der Waals surface area contributed by atoms with Crippen molar-refractivity contribution in [2.45, 2.75) is 52.5 Å². The monoisotopic (exact) mass is 293 g/mol. The minimum atomic E-state index is -0.686. The molecule has 0 spiro atoms. The summed E-state index contributed by atoms with van der Waals surface area (Å²) in [4.78, 5) is 13.7. The van der Waals surface area contributed by atoms with Gasteiger partial charge in [-0.1, -0.05) is 20.8 Å². The van der Waals surface area contributed by atoms with Crippen molar-refractivity contribution in [1.29, 1.82) is 0 Å². The number of rotatable bonds is 3. The summed E-state index contributed by atoms with van der Waals surface area (Å²) in [5.41, 5.74) is 1.69. The maximum atomic E-state index is 11.5. The van der Waals surface area contributed by atoms with Crippen LogP contribution < -0.4 is 0 Å². The van der Waals surface area contributed by atoms with Gasteiger partial charge in [0.05, 0.1) is 11.1 Å². The Morgan fingerprint density at radius 2 is 2.14 bits per heavy atom. The second-order valence-electron chi connectivity index (χ2n) is 7.61. The summed E-state index contributed by atoms with van der Waals surface area (Å²) < 4.78 is 1.86. The lowest BCUT2D eigenvalue weighted by molar-refractivity contribution is -0.151. The van der Waals surface area contributed by atoms with Crippen LogP contribution in [-0.2, 0) is 23.8 Å². The Balaban J connectivity index is 2.17. The molecule has 2 rings (SSSR count). The quantitative estimate of drug-likeness (QED) is 0.929. The first-order chi connectivity index (χ1) is 9.62. The van der Waals surface area contributed by atoms with Gasteiger partial charge in [0.15, 0.2) is 0 Å². The van der Waals surface area contributed by atoms with Gasteiger partial charge < -0.3 is 5.11 Å². The number of nitrogens with zero attached hydrogens (tertiary/aromatic N) is 3. The predicted octanol–water partition coefficient (Wildman–Crippen LogP) is 2.40. The molecule has 1 atom stereocenters. The molecular formula is C16H27N3O2. The average Bonchev–Trinajstić information content (AvgIpc) is 2.70. The molecule has 1 aromatic heterocycles. The van der Waals surface area contributed by atoms with E-state index in [0.717, 1.165) is 31.6 Å². The van der Waals surface area contributed by atoms with E-state index < -0.39 is 11.4 Å². The lowest BCUT2D eigenvalue weighted by Crippen LogP contribution is -2.45. The Hall–Kier alpha value is -1.36. The lowest BCUT2D eigenvalue weighted by Gasteiger charge is -2.37. The molecule has 1 fully saturated rings. The second kappa shape index (κ2) is 5.44. The standard InChI is InChI=1S/C16H27N3O2/c1-15(2,3)13-12(9-18(5)17-13)10-19-8-6-7-16(4,11-19)14(20)21/h9H,6-8,10-11H2,1-5H3,(H,20,21). The van der Waals surface area contributed by atoms with Crippen LogP contribution in [0.15, 0.2) is 6.20 Å². The van der Waals surface area contributed by atoms with E-state index in [1.54, 1.807) is 0 Å². The first-order valence-electron chi connectivity index (χ1n) is 7.60. The molecule has 1 saturated heterocycles. The van der Waals surface area contributed by atoms with E-state index in [9.17, 15) is 9.90 Å². The number of hydrogen-bond acceptors (Lipinski definition) is 3. The van der Waals surface area contributed by atoms with Crippen LogP contribution >= 0.6 is 0 Å². The van der Waals surface area contributed by atoms with Gasteiger partial charge in [0.25, 0.3) is 0 Å². The van der Waals surface area contributed by atoms with Crippen molar-refractivity contribution in [3.05, 3.63) is 17.5 Å². The molecule has 5 nitrogen and oxygen atoms in total. The van der Waals surface area contributed by atoms with Gasteiger partial charge in [-0.3, -0.25) is 14.4 Å². The Kier molecular flexibility index (Phi) is 4.15. The second-order valence-corrected chi connectivity index (χ2v) is 7.61. The van der Waals surface area contributed by atoms with Crippen molar-refractivity contribution in [1.82, 2.24) is 14.7 Å². The lowest BCUT2D eigenvalue weighted by atomic mass is 9.81. The van der Waals surface area contributed by atoms with Crippen molar-refractivity contribution in [3.63, 3.8) is 0 Å². The third kappa shape index (κ3) is 3.46. The number of carboxylic acids is 1. The molecule has 1 aliphatic rings. The van der Waals surface area contributed by atoms with E-state index >= 15 is 0 Å². The van der Waals surface area contributed by atoms with Gasteiger partial charge in [-0.25, -0.2) is 0 Å². The van der Waals surface area contributed by atoms with E-state index in [2.05, 4.69) is 37.0 Å². The van der Waals surface area contributed by atoms with Crippen molar-refractivity contribution >= 4 is 5.97 Å². The zero-order chi connectivity index (χ0) is 15.8. The molecule has 118 valence electrons. The number of piperidine rings is 1. The predicted molar refractivity (Wildman–Crippen MR) is 82.2 cm³/mol. The fourth-order valence-electron chi connectivity index (χ4n) is 3.18. The number of aliphatic carboxylic acids is 1. The van der Waals surface area contributed by atoms with Gasteiger partial charge in [-0.05, 0) is 26.3 Å². The molecule has 0 radical (unpaired) electrons. The van der Waals surface area contributed by atoms with Crippen molar-refractivity contribution < 1.29 is 9.90 Å². The molecule has 0 amide bonds. The fourth-order valence-corrected chi connectivity index (χ4v) is 3.18. The van der Waals surface area contributed by atoms with Gasteiger partial charge in [0.1, 0.15) is 0 Å². The van der Waals surface area contributed by atoms with Crippen LogP contribution in [0.3, 0.4) is 0 Å². The summed E-state index contributed by atoms with van der Waals surface area (Å²) in [6.07, 6.45) is 3.76. The van der Waals surface area contributed by atoms with Crippen LogP contribution in [0.25, 0.3) is 0 Å². The Bertz CT molecular complexity index is 530. The van der Waals surface area contributed by atoms with Gasteiger partial charge in [-0.15, -0.1) is 0 Å². The highest BCUT2D eigenvalue weighted by Gasteiger charge is 2.38. The normalized spacial score (nSPS) is 24.2. The minimum Gasteiger partial charge on any atom is -0.481 e. The smallest absolute Gasteiger partial charge is 0.310 e. The Morgan fingerprint density at radius 1 is 1.48 bits per heavy atom. The number of aromatic nitrogens is 2. The Labute approximate surface area is 126 Å². The molecule has 21 heavy (non-hydrogen) atoms. The van der Waals surface area contributed by atoms with E-state index in [4.69, 9.17) is 0 Å². The number of carboxylic acid groups (broad SMARTS) is 1. The highest BCUT2D eigenvalue weighted by Crippen LogP contribution is 2.32. The first kappa shape index (κ1) is 16.0. The summed E-state index contributed by atoms with van der Waals surface area (Å²) in [7, 11) is 1.94. The SMILES string of the molecule is Cn1cc(CN2CCCC(C)(C(=O)O)C2)c(C(C)(C)C)n1. The molecule has 1 unspecified atom stereocenters. The molecule has 0 aliphatic carbocycles. The molecule has 2 heterocycles. The summed E-state index contributed by atoms with van der Waals surface area (Å²) in [5.74, 6) is -0.686. The molecule has 1 N–H and O–H groups in total. The van der Waals surface area contributed by atoms with Crippen molar-refractivity contribution in [2.75, 3.05) is 13.1 Å². The fraction of sp³-hybridized carbons (Fsp3) is 0.750. The number of hydrogen-bond donors (Lipinski definition) is 1. The van der Waals surface area contributed by atoms with Crippen LogP contribution in [0, 0.1) is 5.41 Å². The Morgan fingerprint density at radius 3 is 2.71 bits per heavy atom. The van der Waals surface area contributed by atoms with E-state index in [1.807, 2.05) is 18.7 Å². The maximum absolute atomic E-state index is 11.5. The summed E-state index contributed by atoms with van der Waals surface area (Å²) in [5, 5.41) is 14.0. The van der Waals surface area contributed by atoms with Crippen LogP contribution in [0.4, 0.5) is 0 Å². The number of carbonyl (C=O) groups is 1. The van der Waals surface area contributed by atoms with Gasteiger partial charge >= 0.3 is 5.97 Å². The minimum absolute atomic E-state index is 0.00246. The van der Waals surface area contributed by atoms with Crippen LogP contribution in [0.5, 0.6) is 0 Å². The molecule has 0 saturated carbocycles. The molecule has 1 aromatic rings. The largest absolute Gasteiger partial charge is 0.481 e. The zero-order valence-electron chi connectivity index (χ0n) is 13.8. The van der Waals surface area contributed by atoms with Crippen LogP contribution in [0.1, 0.15) is 51.8 Å². The molecule has 0 aromatic carbocycles.